The second kappa shape index (κ2) is 9.15. The zero-order valence-electron chi connectivity index (χ0n) is 16.5. The number of nitrogens with one attached hydrogen (secondary N) is 1. The van der Waals surface area contributed by atoms with E-state index in [0.29, 0.717) is 37.4 Å². The lowest BCUT2D eigenvalue weighted by atomic mass is 10.0. The Labute approximate surface area is 193 Å². The van der Waals surface area contributed by atoms with Gasteiger partial charge in [0.05, 0.1) is 12.1 Å². The number of sulfonamides is 1. The van der Waals surface area contributed by atoms with Gasteiger partial charge in [-0.05, 0) is 34.5 Å². The molecule has 0 aliphatic heterocycles. The molecular formula is C23H17NO5S3. The molecule has 0 spiro atoms. The lowest BCUT2D eigenvalue weighted by Crippen LogP contribution is -2.12. The maximum Gasteiger partial charge on any atom is 0.307 e. The number of rotatable bonds is 8. The van der Waals surface area contributed by atoms with Gasteiger partial charge in [0.2, 0.25) is 0 Å². The number of anilines is 1. The van der Waals surface area contributed by atoms with E-state index >= 15 is 0 Å². The Bertz CT molecular complexity index is 1410. The molecule has 3 aromatic carbocycles. The number of benzene rings is 3. The lowest BCUT2D eigenvalue weighted by Gasteiger charge is -2.16. The molecule has 1 aromatic heterocycles. The minimum Gasteiger partial charge on any atom is -0.481 e. The normalized spacial score (nSPS) is 11.4. The number of carbonyl (C=O) groups is 2. The minimum atomic E-state index is -3.80. The average Bonchev–Trinajstić information content (AvgIpc) is 3.31. The topological polar surface area (TPSA) is 101 Å². The van der Waals surface area contributed by atoms with Crippen LogP contribution >= 0.6 is 23.1 Å². The Hall–Kier alpha value is -3.14. The number of aldehydes is 1. The highest BCUT2D eigenvalue weighted by Crippen LogP contribution is 2.39. The fourth-order valence-corrected chi connectivity index (χ4v) is 6.47. The minimum absolute atomic E-state index is 0.162. The summed E-state index contributed by atoms with van der Waals surface area (Å²) in [4.78, 5) is 24.5. The van der Waals surface area contributed by atoms with Crippen molar-refractivity contribution >= 4 is 61.8 Å². The standard InChI is InChI=1S/C23H17NO5S3/c25-14-18-16-7-2-3-8-17(16)19(24-32(28,29)23-10-5-11-30-23)13-21(18)31-20-9-4-1-6-15(20)12-22(26)27/h1-11,13-14,24H,12H2,(H,26,27). The first kappa shape index (κ1) is 22.1. The molecule has 0 saturated heterocycles. The van der Waals surface area contributed by atoms with Crippen LogP contribution in [0.4, 0.5) is 5.69 Å². The van der Waals surface area contributed by atoms with Crippen molar-refractivity contribution in [3.8, 4) is 0 Å². The molecular weight excluding hydrogens is 466 g/mol. The number of fused-ring (bicyclic) bond motifs is 1. The molecule has 0 amide bonds. The van der Waals surface area contributed by atoms with Gasteiger partial charge in [-0.3, -0.25) is 14.3 Å². The molecule has 0 saturated carbocycles. The molecule has 0 unspecified atom stereocenters. The van der Waals surface area contributed by atoms with E-state index in [0.717, 1.165) is 17.6 Å². The number of aliphatic carboxylic acids is 1. The predicted molar refractivity (Wildman–Crippen MR) is 126 cm³/mol. The molecule has 6 nitrogen and oxygen atoms in total. The Balaban J connectivity index is 1.85. The average molecular weight is 484 g/mol. The molecule has 32 heavy (non-hydrogen) atoms. The quantitative estimate of drug-likeness (QED) is 0.330. The Kier molecular flexibility index (Phi) is 6.31. The predicted octanol–water partition coefficient (Wildman–Crippen LogP) is 5.29. The molecule has 0 aliphatic rings. The van der Waals surface area contributed by atoms with Gasteiger partial charge in [0.1, 0.15) is 4.21 Å². The van der Waals surface area contributed by atoms with Crippen molar-refractivity contribution in [3.63, 3.8) is 0 Å². The van der Waals surface area contributed by atoms with Crippen LogP contribution in [0.2, 0.25) is 0 Å². The third-order valence-electron chi connectivity index (χ3n) is 4.70. The summed E-state index contributed by atoms with van der Waals surface area (Å²) in [5, 5.41) is 12.1. The van der Waals surface area contributed by atoms with Crippen LogP contribution in [0.15, 0.2) is 86.1 Å². The summed E-state index contributed by atoms with van der Waals surface area (Å²) in [6, 6.07) is 18.9. The fourth-order valence-electron chi connectivity index (χ4n) is 3.30. The van der Waals surface area contributed by atoms with Crippen LogP contribution in [0.3, 0.4) is 0 Å². The molecule has 4 rings (SSSR count). The molecule has 0 fully saturated rings. The number of carbonyl (C=O) groups excluding carboxylic acids is 1. The van der Waals surface area contributed by atoms with E-state index in [9.17, 15) is 23.1 Å². The van der Waals surface area contributed by atoms with Crippen molar-refractivity contribution in [2.45, 2.75) is 20.4 Å². The van der Waals surface area contributed by atoms with Gasteiger partial charge in [0, 0.05) is 20.7 Å². The van der Waals surface area contributed by atoms with E-state index in [2.05, 4.69) is 4.72 Å². The monoisotopic (exact) mass is 483 g/mol. The van der Waals surface area contributed by atoms with Crippen LogP contribution in [-0.2, 0) is 21.2 Å². The lowest BCUT2D eigenvalue weighted by molar-refractivity contribution is -0.136. The van der Waals surface area contributed by atoms with Gasteiger partial charge >= 0.3 is 5.97 Å². The maximum absolute atomic E-state index is 12.9. The van der Waals surface area contributed by atoms with E-state index < -0.39 is 16.0 Å². The second-order valence-corrected chi connectivity index (χ2v) is 10.8. The summed E-state index contributed by atoms with van der Waals surface area (Å²) >= 11 is 2.34. The van der Waals surface area contributed by atoms with Crippen molar-refractivity contribution in [1.82, 2.24) is 0 Å². The molecule has 0 aliphatic carbocycles. The van der Waals surface area contributed by atoms with Gasteiger partial charge in [0.25, 0.3) is 10.0 Å². The van der Waals surface area contributed by atoms with Crippen molar-refractivity contribution in [2.75, 3.05) is 4.72 Å². The molecule has 0 bridgehead atoms. The van der Waals surface area contributed by atoms with Gasteiger partial charge < -0.3 is 5.11 Å². The SMILES string of the molecule is O=Cc1c(Sc2ccccc2CC(=O)O)cc(NS(=O)(=O)c2cccs2)c2ccccc12. The van der Waals surface area contributed by atoms with E-state index in [4.69, 9.17) is 0 Å². The van der Waals surface area contributed by atoms with Crippen LogP contribution in [0.5, 0.6) is 0 Å². The summed E-state index contributed by atoms with van der Waals surface area (Å²) in [5.41, 5.74) is 1.36. The largest absolute Gasteiger partial charge is 0.481 e. The Morgan fingerprint density at radius 2 is 1.72 bits per heavy atom. The first-order valence-electron chi connectivity index (χ1n) is 9.44. The number of carboxylic acid groups (broad SMARTS) is 1. The summed E-state index contributed by atoms with van der Waals surface area (Å²) in [5.74, 6) is -0.962. The Morgan fingerprint density at radius 3 is 2.41 bits per heavy atom. The highest BCUT2D eigenvalue weighted by atomic mass is 32.2. The van der Waals surface area contributed by atoms with Crippen molar-refractivity contribution in [3.05, 3.63) is 83.2 Å². The zero-order chi connectivity index (χ0) is 22.7. The van der Waals surface area contributed by atoms with Crippen LogP contribution in [0.25, 0.3) is 10.8 Å². The first-order chi connectivity index (χ1) is 15.4. The van der Waals surface area contributed by atoms with Gasteiger partial charge in [-0.1, -0.05) is 60.3 Å². The van der Waals surface area contributed by atoms with Gasteiger partial charge in [-0.2, -0.15) is 0 Å². The van der Waals surface area contributed by atoms with Crippen LogP contribution in [0.1, 0.15) is 15.9 Å². The molecule has 9 heteroatoms. The number of carboxylic acids is 1. The van der Waals surface area contributed by atoms with Crippen LogP contribution in [0, 0.1) is 0 Å². The van der Waals surface area contributed by atoms with E-state index in [1.54, 1.807) is 66.0 Å². The van der Waals surface area contributed by atoms with E-state index in [-0.39, 0.29) is 10.6 Å². The summed E-state index contributed by atoms with van der Waals surface area (Å²) in [7, 11) is -3.80. The second-order valence-electron chi connectivity index (χ2n) is 6.82. The van der Waals surface area contributed by atoms with Gasteiger partial charge in [-0.25, -0.2) is 8.42 Å². The van der Waals surface area contributed by atoms with Crippen molar-refractivity contribution in [1.29, 1.82) is 0 Å². The number of thiophene rings is 1. The zero-order valence-corrected chi connectivity index (χ0v) is 19.0. The fraction of sp³-hybridized carbons (Fsp3) is 0.0435. The number of hydrogen-bond donors (Lipinski definition) is 2. The highest BCUT2D eigenvalue weighted by Gasteiger charge is 2.20. The summed E-state index contributed by atoms with van der Waals surface area (Å²) in [6.45, 7) is 0. The van der Waals surface area contributed by atoms with Crippen LogP contribution in [-0.4, -0.2) is 25.8 Å². The molecule has 162 valence electrons. The smallest absolute Gasteiger partial charge is 0.307 e. The number of hydrogen-bond acceptors (Lipinski definition) is 6. The van der Waals surface area contributed by atoms with Gasteiger partial charge in [0.15, 0.2) is 6.29 Å². The molecule has 0 atom stereocenters. The van der Waals surface area contributed by atoms with E-state index in [1.165, 1.54) is 17.8 Å². The molecule has 0 radical (unpaired) electrons. The van der Waals surface area contributed by atoms with Crippen molar-refractivity contribution in [2.24, 2.45) is 0 Å². The summed E-state index contributed by atoms with van der Waals surface area (Å²) < 4.78 is 28.6. The van der Waals surface area contributed by atoms with E-state index in [1.807, 2.05) is 0 Å². The molecule has 2 N–H and O–H groups in total. The first-order valence-corrected chi connectivity index (χ1v) is 12.6. The van der Waals surface area contributed by atoms with Gasteiger partial charge in [-0.15, -0.1) is 11.3 Å². The Morgan fingerprint density at radius 1 is 1.00 bits per heavy atom. The maximum atomic E-state index is 12.9. The van der Waals surface area contributed by atoms with Crippen LogP contribution < -0.4 is 4.72 Å². The molecule has 1 heterocycles. The third-order valence-corrected chi connectivity index (χ3v) is 8.64. The van der Waals surface area contributed by atoms with Crippen molar-refractivity contribution < 1.29 is 23.1 Å². The highest BCUT2D eigenvalue weighted by molar-refractivity contribution is 7.99. The third kappa shape index (κ3) is 4.55. The molecule has 4 aromatic rings. The summed E-state index contributed by atoms with van der Waals surface area (Å²) in [6.07, 6.45) is 0.576.